The summed E-state index contributed by atoms with van der Waals surface area (Å²) in [4.78, 5) is 4.16. The molecule has 0 N–H and O–H groups in total. The summed E-state index contributed by atoms with van der Waals surface area (Å²) in [7, 11) is 0. The lowest BCUT2D eigenvalue weighted by Crippen LogP contribution is -1.97. The summed E-state index contributed by atoms with van der Waals surface area (Å²) in [5.74, 6) is 1.69. The Morgan fingerprint density at radius 1 is 1.33 bits per heavy atom. The lowest BCUT2D eigenvalue weighted by atomic mass is 10.4. The number of aromatic nitrogens is 4. The summed E-state index contributed by atoms with van der Waals surface area (Å²) in [6.45, 7) is 1.89. The highest BCUT2D eigenvalue weighted by molar-refractivity contribution is 5.21. The Morgan fingerprint density at radius 3 is 2.83 bits per heavy atom. The van der Waals surface area contributed by atoms with Gasteiger partial charge in [0.2, 0.25) is 0 Å². The Bertz CT molecular complexity index is 366. The average Bonchev–Trinajstić information content (AvgIpc) is 2.53. The zero-order valence-electron chi connectivity index (χ0n) is 6.68. The molecule has 0 saturated carbocycles. The van der Waals surface area contributed by atoms with Crippen molar-refractivity contribution >= 4 is 0 Å². The summed E-state index contributed by atoms with van der Waals surface area (Å²) in [5, 5.41) is 7.64. The molecule has 0 saturated heterocycles. The number of aryl methyl sites for hydroxylation is 1. The Labute approximate surface area is 69.9 Å². The second-order valence-electron chi connectivity index (χ2n) is 2.44. The molecule has 2 aromatic heterocycles. The highest BCUT2D eigenvalue weighted by Gasteiger charge is 1.99. The molecule has 4 nitrogen and oxygen atoms in total. The van der Waals surface area contributed by atoms with Crippen molar-refractivity contribution in [3.8, 4) is 5.82 Å². The van der Waals surface area contributed by atoms with E-state index in [0.29, 0.717) is 0 Å². The van der Waals surface area contributed by atoms with Gasteiger partial charge in [-0.05, 0) is 19.1 Å². The van der Waals surface area contributed by atoms with Gasteiger partial charge in [0, 0.05) is 6.20 Å². The largest absolute Gasteiger partial charge is 0.269 e. The molecule has 2 aromatic rings. The summed E-state index contributed by atoms with van der Waals surface area (Å²) in [6.07, 6.45) is 3.40. The summed E-state index contributed by atoms with van der Waals surface area (Å²) >= 11 is 0. The van der Waals surface area contributed by atoms with Gasteiger partial charge in [-0.15, -0.1) is 10.2 Å². The van der Waals surface area contributed by atoms with Gasteiger partial charge >= 0.3 is 0 Å². The lowest BCUT2D eigenvalue weighted by Gasteiger charge is -1.99. The number of hydrogen-bond acceptors (Lipinski definition) is 3. The quantitative estimate of drug-likeness (QED) is 0.624. The van der Waals surface area contributed by atoms with Crippen molar-refractivity contribution < 1.29 is 0 Å². The van der Waals surface area contributed by atoms with Crippen LogP contribution in [0.5, 0.6) is 0 Å². The summed E-state index contributed by atoms with van der Waals surface area (Å²) in [6, 6.07) is 5.72. The number of nitrogens with zero attached hydrogens (tertiary/aromatic N) is 4. The maximum Gasteiger partial charge on any atom is 0.139 e. The highest BCUT2D eigenvalue weighted by Crippen LogP contribution is 2.03. The molecular formula is C8H8N4. The summed E-state index contributed by atoms with van der Waals surface area (Å²) < 4.78 is 1.83. The number of hydrogen-bond donors (Lipinski definition) is 0. The zero-order valence-corrected chi connectivity index (χ0v) is 6.68. The Balaban J connectivity index is 2.51. The van der Waals surface area contributed by atoms with Gasteiger partial charge in [-0.2, -0.15) is 0 Å². The molecule has 0 aromatic carbocycles. The molecular weight excluding hydrogens is 152 g/mol. The van der Waals surface area contributed by atoms with Crippen LogP contribution in [0, 0.1) is 6.92 Å². The van der Waals surface area contributed by atoms with Gasteiger partial charge < -0.3 is 0 Å². The van der Waals surface area contributed by atoms with E-state index in [1.807, 2.05) is 29.7 Å². The molecule has 60 valence electrons. The van der Waals surface area contributed by atoms with Gasteiger partial charge in [0.1, 0.15) is 18.0 Å². The first-order valence-electron chi connectivity index (χ1n) is 3.66. The van der Waals surface area contributed by atoms with E-state index in [2.05, 4.69) is 15.2 Å². The minimum atomic E-state index is 0.841. The van der Waals surface area contributed by atoms with Crippen LogP contribution in [0.3, 0.4) is 0 Å². The van der Waals surface area contributed by atoms with Crippen LogP contribution in [0.15, 0.2) is 30.7 Å². The Hall–Kier alpha value is -1.71. The normalized spacial score (nSPS) is 10.1. The fourth-order valence-corrected chi connectivity index (χ4v) is 1.01. The Kier molecular flexibility index (Phi) is 1.59. The molecule has 4 heteroatoms. The van der Waals surface area contributed by atoms with Gasteiger partial charge in [0.25, 0.3) is 0 Å². The molecule has 0 aliphatic carbocycles. The first-order chi connectivity index (χ1) is 5.88. The minimum Gasteiger partial charge on any atom is -0.269 e. The maximum absolute atomic E-state index is 4.16. The predicted molar refractivity (Wildman–Crippen MR) is 43.9 cm³/mol. The van der Waals surface area contributed by atoms with E-state index < -0.39 is 0 Å². The lowest BCUT2D eigenvalue weighted by molar-refractivity contribution is 0.932. The van der Waals surface area contributed by atoms with E-state index in [-0.39, 0.29) is 0 Å². The highest BCUT2D eigenvalue weighted by atomic mass is 15.3. The van der Waals surface area contributed by atoms with Crippen LogP contribution in [-0.2, 0) is 0 Å². The third-order valence-corrected chi connectivity index (χ3v) is 1.61. The van der Waals surface area contributed by atoms with E-state index in [1.54, 1.807) is 12.5 Å². The Morgan fingerprint density at radius 2 is 2.25 bits per heavy atom. The van der Waals surface area contributed by atoms with Crippen molar-refractivity contribution in [3.05, 3.63) is 36.5 Å². The fraction of sp³-hybridized carbons (Fsp3) is 0.125. The van der Waals surface area contributed by atoms with Crippen molar-refractivity contribution in [3.63, 3.8) is 0 Å². The molecule has 0 aliphatic rings. The van der Waals surface area contributed by atoms with Crippen LogP contribution in [0.2, 0.25) is 0 Å². The third kappa shape index (κ3) is 1.07. The van der Waals surface area contributed by atoms with E-state index in [0.717, 1.165) is 11.6 Å². The first kappa shape index (κ1) is 6.97. The van der Waals surface area contributed by atoms with Crippen molar-refractivity contribution in [2.75, 3.05) is 0 Å². The molecule has 0 fully saturated rings. The van der Waals surface area contributed by atoms with Crippen molar-refractivity contribution in [2.45, 2.75) is 6.92 Å². The smallest absolute Gasteiger partial charge is 0.139 e. The molecule has 0 radical (unpaired) electrons. The molecule has 0 amide bonds. The van der Waals surface area contributed by atoms with E-state index in [9.17, 15) is 0 Å². The zero-order chi connectivity index (χ0) is 8.39. The molecule has 12 heavy (non-hydrogen) atoms. The molecule has 2 rings (SSSR count). The van der Waals surface area contributed by atoms with Crippen LogP contribution in [0.4, 0.5) is 0 Å². The van der Waals surface area contributed by atoms with Gasteiger partial charge in [-0.3, -0.25) is 4.57 Å². The van der Waals surface area contributed by atoms with Gasteiger partial charge in [0.05, 0.1) is 0 Å². The fourth-order valence-electron chi connectivity index (χ4n) is 1.01. The molecule has 2 heterocycles. The van der Waals surface area contributed by atoms with Crippen LogP contribution in [0.25, 0.3) is 5.82 Å². The minimum absolute atomic E-state index is 0.841. The SMILES string of the molecule is Cc1nncn1-c1ccccn1. The topological polar surface area (TPSA) is 43.6 Å². The second kappa shape index (κ2) is 2.73. The molecule has 0 aliphatic heterocycles. The molecule has 0 bridgehead atoms. The van der Waals surface area contributed by atoms with Crippen molar-refractivity contribution in [1.82, 2.24) is 19.7 Å². The van der Waals surface area contributed by atoms with E-state index in [4.69, 9.17) is 0 Å². The van der Waals surface area contributed by atoms with E-state index in [1.165, 1.54) is 0 Å². The van der Waals surface area contributed by atoms with Crippen LogP contribution in [-0.4, -0.2) is 19.7 Å². The molecule has 0 atom stereocenters. The third-order valence-electron chi connectivity index (χ3n) is 1.61. The molecule has 0 unspecified atom stereocenters. The van der Waals surface area contributed by atoms with Crippen LogP contribution in [0.1, 0.15) is 5.82 Å². The monoisotopic (exact) mass is 160 g/mol. The van der Waals surface area contributed by atoms with E-state index >= 15 is 0 Å². The average molecular weight is 160 g/mol. The van der Waals surface area contributed by atoms with Gasteiger partial charge in [0.15, 0.2) is 0 Å². The predicted octanol–water partition coefficient (Wildman–Crippen LogP) is 0.971. The van der Waals surface area contributed by atoms with Crippen LogP contribution >= 0.6 is 0 Å². The standard InChI is InChI=1S/C8H8N4/c1-7-11-10-6-12(7)8-4-2-3-5-9-8/h2-6H,1H3. The molecule has 0 spiro atoms. The van der Waals surface area contributed by atoms with Gasteiger partial charge in [-0.1, -0.05) is 6.07 Å². The van der Waals surface area contributed by atoms with Crippen LogP contribution < -0.4 is 0 Å². The number of rotatable bonds is 1. The summed E-state index contributed by atoms with van der Waals surface area (Å²) in [5.41, 5.74) is 0. The van der Waals surface area contributed by atoms with Crippen molar-refractivity contribution in [2.24, 2.45) is 0 Å². The van der Waals surface area contributed by atoms with Gasteiger partial charge in [-0.25, -0.2) is 4.98 Å². The number of pyridine rings is 1. The first-order valence-corrected chi connectivity index (χ1v) is 3.66. The second-order valence-corrected chi connectivity index (χ2v) is 2.44. The maximum atomic E-state index is 4.16. The van der Waals surface area contributed by atoms with Crippen molar-refractivity contribution in [1.29, 1.82) is 0 Å².